The fourth-order valence-corrected chi connectivity index (χ4v) is 2.15. The average Bonchev–Trinajstić information content (AvgIpc) is 2.43. The number of carbonyl (C=O) groups is 1. The van der Waals surface area contributed by atoms with E-state index in [4.69, 9.17) is 27.9 Å². The molecule has 2 aromatic rings. The molecule has 0 aliphatic carbocycles. The van der Waals surface area contributed by atoms with Crippen LogP contribution in [-0.2, 0) is 0 Å². The Morgan fingerprint density at radius 1 is 1.10 bits per heavy atom. The third-order valence-electron chi connectivity index (χ3n) is 2.62. The number of halogens is 2. The van der Waals surface area contributed by atoms with Crippen LogP contribution < -0.4 is 10.1 Å². The first kappa shape index (κ1) is 14.5. The Balaban J connectivity index is 2.34. The van der Waals surface area contributed by atoms with Gasteiger partial charge in [-0.1, -0.05) is 23.2 Å². The molecule has 0 atom stereocenters. The highest BCUT2D eigenvalue weighted by Gasteiger charge is 2.19. The normalized spacial score (nSPS) is 10.2. The standard InChI is InChI=1S/C14H11Cl2NO3/c1-20-13-11(16)7-6-10(15)12(13)14(19)17-8-2-4-9(18)5-3-8/h2-7,18H,1H3,(H,17,19). The summed E-state index contributed by atoms with van der Waals surface area (Å²) in [4.78, 5) is 12.3. The van der Waals surface area contributed by atoms with Crippen LogP contribution in [0.1, 0.15) is 10.4 Å². The van der Waals surface area contributed by atoms with Crippen molar-refractivity contribution in [2.24, 2.45) is 0 Å². The summed E-state index contributed by atoms with van der Waals surface area (Å²) in [6.45, 7) is 0. The minimum atomic E-state index is -0.444. The highest BCUT2D eigenvalue weighted by molar-refractivity contribution is 6.37. The zero-order chi connectivity index (χ0) is 14.7. The molecule has 0 bridgehead atoms. The second kappa shape index (κ2) is 6.03. The number of anilines is 1. The molecule has 0 aliphatic rings. The van der Waals surface area contributed by atoms with Gasteiger partial charge in [-0.15, -0.1) is 0 Å². The number of ether oxygens (including phenoxy) is 1. The number of aromatic hydroxyl groups is 1. The van der Waals surface area contributed by atoms with Gasteiger partial charge >= 0.3 is 0 Å². The molecule has 2 rings (SSSR count). The smallest absolute Gasteiger partial charge is 0.261 e. The predicted octanol–water partition coefficient (Wildman–Crippen LogP) is 3.96. The molecule has 0 aromatic heterocycles. The van der Waals surface area contributed by atoms with E-state index in [1.54, 1.807) is 18.2 Å². The van der Waals surface area contributed by atoms with E-state index in [0.717, 1.165) is 0 Å². The van der Waals surface area contributed by atoms with Gasteiger partial charge < -0.3 is 15.2 Å². The molecular weight excluding hydrogens is 301 g/mol. The highest BCUT2D eigenvalue weighted by Crippen LogP contribution is 2.34. The second-order valence-electron chi connectivity index (χ2n) is 3.94. The van der Waals surface area contributed by atoms with Gasteiger partial charge in [0.2, 0.25) is 0 Å². The highest BCUT2D eigenvalue weighted by atomic mass is 35.5. The number of phenols is 1. The SMILES string of the molecule is COc1c(Cl)ccc(Cl)c1C(=O)Nc1ccc(O)cc1. The maximum Gasteiger partial charge on any atom is 0.261 e. The van der Waals surface area contributed by atoms with Crippen LogP contribution in [-0.4, -0.2) is 18.1 Å². The third kappa shape index (κ3) is 2.98. The zero-order valence-electron chi connectivity index (χ0n) is 10.5. The lowest BCUT2D eigenvalue weighted by atomic mass is 10.1. The lowest BCUT2D eigenvalue weighted by Gasteiger charge is -2.12. The average molecular weight is 312 g/mol. The summed E-state index contributed by atoms with van der Waals surface area (Å²) < 4.78 is 5.12. The molecule has 0 heterocycles. The maximum absolute atomic E-state index is 12.3. The van der Waals surface area contributed by atoms with Crippen LogP contribution in [0.4, 0.5) is 5.69 Å². The van der Waals surface area contributed by atoms with Crippen molar-refractivity contribution in [2.75, 3.05) is 12.4 Å². The molecule has 0 saturated heterocycles. The van der Waals surface area contributed by atoms with E-state index in [1.165, 1.54) is 25.3 Å². The van der Waals surface area contributed by atoms with Crippen molar-refractivity contribution in [1.82, 2.24) is 0 Å². The molecule has 2 N–H and O–H groups in total. The number of carbonyl (C=O) groups excluding carboxylic acids is 1. The molecule has 0 fully saturated rings. The Morgan fingerprint density at radius 2 is 1.70 bits per heavy atom. The molecule has 0 saturated carbocycles. The van der Waals surface area contributed by atoms with Crippen LogP contribution in [0, 0.1) is 0 Å². The van der Waals surface area contributed by atoms with Gasteiger partial charge in [-0.2, -0.15) is 0 Å². The van der Waals surface area contributed by atoms with E-state index in [-0.39, 0.29) is 22.1 Å². The van der Waals surface area contributed by atoms with Crippen LogP contribution in [0.3, 0.4) is 0 Å². The first-order chi connectivity index (χ1) is 9.52. The Labute approximate surface area is 125 Å². The molecule has 2 aromatic carbocycles. The first-order valence-corrected chi connectivity index (χ1v) is 6.41. The predicted molar refractivity (Wildman–Crippen MR) is 79.1 cm³/mol. The van der Waals surface area contributed by atoms with Gasteiger partial charge in [0, 0.05) is 5.69 Å². The van der Waals surface area contributed by atoms with E-state index in [0.29, 0.717) is 10.7 Å². The lowest BCUT2D eigenvalue weighted by Crippen LogP contribution is -2.14. The molecule has 0 aliphatic heterocycles. The van der Waals surface area contributed by atoms with Crippen LogP contribution in [0.2, 0.25) is 10.0 Å². The molecule has 20 heavy (non-hydrogen) atoms. The van der Waals surface area contributed by atoms with Crippen molar-refractivity contribution < 1.29 is 14.6 Å². The maximum atomic E-state index is 12.3. The lowest BCUT2D eigenvalue weighted by molar-refractivity contribution is 0.102. The van der Waals surface area contributed by atoms with E-state index < -0.39 is 5.91 Å². The van der Waals surface area contributed by atoms with Gasteiger partial charge in [0.05, 0.1) is 17.2 Å². The second-order valence-corrected chi connectivity index (χ2v) is 4.75. The van der Waals surface area contributed by atoms with Crippen molar-refractivity contribution in [3.05, 3.63) is 52.0 Å². The Bertz CT molecular complexity index is 642. The van der Waals surface area contributed by atoms with Gasteiger partial charge in [-0.05, 0) is 36.4 Å². The molecule has 4 nitrogen and oxygen atoms in total. The van der Waals surface area contributed by atoms with Gasteiger partial charge in [0.15, 0.2) is 5.75 Å². The summed E-state index contributed by atoms with van der Waals surface area (Å²) in [6.07, 6.45) is 0. The molecule has 0 radical (unpaired) electrons. The van der Waals surface area contributed by atoms with Crippen molar-refractivity contribution in [1.29, 1.82) is 0 Å². The summed E-state index contributed by atoms with van der Waals surface area (Å²) in [5.41, 5.74) is 0.681. The largest absolute Gasteiger partial charge is 0.508 e. The Hall–Kier alpha value is -1.91. The first-order valence-electron chi connectivity index (χ1n) is 5.65. The number of methoxy groups -OCH3 is 1. The van der Waals surface area contributed by atoms with Crippen molar-refractivity contribution in [2.45, 2.75) is 0 Å². The molecule has 0 unspecified atom stereocenters. The third-order valence-corrected chi connectivity index (χ3v) is 3.23. The summed E-state index contributed by atoms with van der Waals surface area (Å²) in [5, 5.41) is 12.4. The summed E-state index contributed by atoms with van der Waals surface area (Å²) in [5.74, 6) is -0.114. The number of rotatable bonds is 3. The number of amides is 1. The van der Waals surface area contributed by atoms with E-state index in [9.17, 15) is 9.90 Å². The van der Waals surface area contributed by atoms with Crippen LogP contribution >= 0.6 is 23.2 Å². The minimum Gasteiger partial charge on any atom is -0.508 e. The van der Waals surface area contributed by atoms with E-state index in [1.807, 2.05) is 0 Å². The number of hydrogen-bond donors (Lipinski definition) is 2. The number of nitrogens with one attached hydrogen (secondary N) is 1. The van der Waals surface area contributed by atoms with E-state index >= 15 is 0 Å². The van der Waals surface area contributed by atoms with Crippen molar-refractivity contribution in [3.63, 3.8) is 0 Å². The number of phenolic OH excluding ortho intramolecular Hbond substituents is 1. The van der Waals surface area contributed by atoms with Crippen molar-refractivity contribution in [3.8, 4) is 11.5 Å². The van der Waals surface area contributed by atoms with Crippen LogP contribution in [0.25, 0.3) is 0 Å². The topological polar surface area (TPSA) is 58.6 Å². The van der Waals surface area contributed by atoms with Crippen molar-refractivity contribution >= 4 is 34.8 Å². The van der Waals surface area contributed by atoms with Gasteiger partial charge in [-0.3, -0.25) is 4.79 Å². The number of benzene rings is 2. The van der Waals surface area contributed by atoms with Crippen LogP contribution in [0.5, 0.6) is 11.5 Å². The molecule has 6 heteroatoms. The minimum absolute atomic E-state index is 0.112. The Morgan fingerprint density at radius 3 is 2.30 bits per heavy atom. The summed E-state index contributed by atoms with van der Waals surface area (Å²) in [7, 11) is 1.41. The van der Waals surface area contributed by atoms with Gasteiger partial charge in [0.25, 0.3) is 5.91 Å². The van der Waals surface area contributed by atoms with E-state index in [2.05, 4.69) is 5.32 Å². The van der Waals surface area contributed by atoms with Crippen LogP contribution in [0.15, 0.2) is 36.4 Å². The Kier molecular flexibility index (Phi) is 4.37. The molecular formula is C14H11Cl2NO3. The molecule has 104 valence electrons. The van der Waals surface area contributed by atoms with Gasteiger partial charge in [0.1, 0.15) is 11.3 Å². The fraction of sp³-hybridized carbons (Fsp3) is 0.0714. The quantitative estimate of drug-likeness (QED) is 0.843. The number of hydrogen-bond acceptors (Lipinski definition) is 3. The summed E-state index contributed by atoms with van der Waals surface area (Å²) >= 11 is 12.0. The molecule has 0 spiro atoms. The molecule has 1 amide bonds. The van der Waals surface area contributed by atoms with Gasteiger partial charge in [-0.25, -0.2) is 0 Å². The zero-order valence-corrected chi connectivity index (χ0v) is 12.0. The fourth-order valence-electron chi connectivity index (χ4n) is 1.68. The summed E-state index contributed by atoms with van der Waals surface area (Å²) in [6, 6.07) is 9.15. The monoisotopic (exact) mass is 311 g/mol.